The number of nitrogens with zero attached hydrogens (tertiary/aromatic N) is 5. The molecular formula is C24H20ClN5O. The minimum Gasteiger partial charge on any atom is -0.352 e. The lowest BCUT2D eigenvalue weighted by Gasteiger charge is -2.35. The Morgan fingerprint density at radius 1 is 0.839 bits per heavy atom. The van der Waals surface area contributed by atoms with Crippen molar-refractivity contribution in [3.63, 3.8) is 0 Å². The second-order valence-electron chi connectivity index (χ2n) is 7.46. The van der Waals surface area contributed by atoms with Crippen molar-refractivity contribution in [1.82, 2.24) is 20.1 Å². The highest BCUT2D eigenvalue weighted by Gasteiger charge is 2.24. The number of benzene rings is 2. The molecule has 6 nitrogen and oxygen atoms in total. The molecule has 1 saturated heterocycles. The lowest BCUT2D eigenvalue weighted by molar-refractivity contribution is 0.0746. The minimum absolute atomic E-state index is 0.0875. The van der Waals surface area contributed by atoms with Gasteiger partial charge in [-0.25, -0.2) is 4.98 Å². The van der Waals surface area contributed by atoms with Crippen LogP contribution in [0, 0.1) is 0 Å². The monoisotopic (exact) mass is 429 g/mol. The van der Waals surface area contributed by atoms with E-state index >= 15 is 0 Å². The highest BCUT2D eigenvalue weighted by atomic mass is 35.5. The number of hydrogen-bond acceptors (Lipinski definition) is 5. The van der Waals surface area contributed by atoms with Crippen LogP contribution in [-0.2, 0) is 0 Å². The fourth-order valence-electron chi connectivity index (χ4n) is 3.85. The van der Waals surface area contributed by atoms with E-state index in [2.05, 4.69) is 50.4 Å². The summed E-state index contributed by atoms with van der Waals surface area (Å²) in [6.45, 7) is 2.57. The molecule has 0 radical (unpaired) electrons. The van der Waals surface area contributed by atoms with Crippen LogP contribution >= 0.6 is 11.6 Å². The van der Waals surface area contributed by atoms with E-state index in [9.17, 15) is 4.79 Å². The molecule has 0 atom stereocenters. The Balaban J connectivity index is 1.27. The summed E-state index contributed by atoms with van der Waals surface area (Å²) >= 11 is 6.07. The molecule has 0 aliphatic carbocycles. The quantitative estimate of drug-likeness (QED) is 0.454. The molecule has 31 heavy (non-hydrogen) atoms. The van der Waals surface area contributed by atoms with Gasteiger partial charge in [0.05, 0.1) is 11.3 Å². The number of carbonyl (C=O) groups is 1. The predicted octanol–water partition coefficient (Wildman–Crippen LogP) is 4.31. The van der Waals surface area contributed by atoms with Crippen molar-refractivity contribution in [2.24, 2.45) is 0 Å². The van der Waals surface area contributed by atoms with Crippen LogP contribution in [0.5, 0.6) is 0 Å². The van der Waals surface area contributed by atoms with E-state index in [4.69, 9.17) is 11.6 Å². The van der Waals surface area contributed by atoms with Crippen LogP contribution in [0.1, 0.15) is 10.4 Å². The number of hydrogen-bond donors (Lipinski definition) is 0. The van der Waals surface area contributed by atoms with Crippen LogP contribution in [-0.4, -0.2) is 52.2 Å². The van der Waals surface area contributed by atoms with Gasteiger partial charge < -0.3 is 9.80 Å². The van der Waals surface area contributed by atoms with Gasteiger partial charge in [0.2, 0.25) is 0 Å². The van der Waals surface area contributed by atoms with Gasteiger partial charge in [0.15, 0.2) is 5.82 Å². The van der Waals surface area contributed by atoms with E-state index in [1.165, 1.54) is 10.8 Å². The maximum absolute atomic E-state index is 12.7. The zero-order chi connectivity index (χ0) is 21.2. The number of fused-ring (bicyclic) bond motifs is 1. The largest absolute Gasteiger partial charge is 0.352 e. The molecule has 7 heteroatoms. The molecule has 4 aromatic rings. The fraction of sp³-hybridized carbons (Fsp3) is 0.167. The van der Waals surface area contributed by atoms with Crippen LogP contribution in [0.3, 0.4) is 0 Å². The number of halogens is 1. The highest BCUT2D eigenvalue weighted by molar-refractivity contribution is 6.32. The lowest BCUT2D eigenvalue weighted by Crippen LogP contribution is -2.49. The smallest absolute Gasteiger partial charge is 0.257 e. The average molecular weight is 430 g/mol. The van der Waals surface area contributed by atoms with Crippen LogP contribution < -0.4 is 4.90 Å². The highest BCUT2D eigenvalue weighted by Crippen LogP contribution is 2.24. The van der Waals surface area contributed by atoms with Crippen LogP contribution in [0.15, 0.2) is 72.9 Å². The number of carbonyl (C=O) groups excluding carboxylic acids is 1. The maximum atomic E-state index is 12.7. The number of anilines is 1. The molecule has 1 aliphatic rings. The topological polar surface area (TPSA) is 62.2 Å². The Morgan fingerprint density at radius 2 is 1.65 bits per heavy atom. The van der Waals surface area contributed by atoms with Crippen LogP contribution in [0.25, 0.3) is 22.0 Å². The number of aromatic nitrogens is 3. The third-order valence-electron chi connectivity index (χ3n) is 5.58. The van der Waals surface area contributed by atoms with Crippen molar-refractivity contribution in [2.75, 3.05) is 31.1 Å². The lowest BCUT2D eigenvalue weighted by atomic mass is 10.1. The third-order valence-corrected chi connectivity index (χ3v) is 5.88. The zero-order valence-corrected chi connectivity index (χ0v) is 17.5. The van der Waals surface area contributed by atoms with Crippen LogP contribution in [0.4, 0.5) is 5.82 Å². The number of piperazine rings is 1. The maximum Gasteiger partial charge on any atom is 0.257 e. The molecule has 154 valence electrons. The molecule has 0 spiro atoms. The van der Waals surface area contributed by atoms with E-state index in [1.807, 2.05) is 24.3 Å². The second-order valence-corrected chi connectivity index (χ2v) is 7.82. The van der Waals surface area contributed by atoms with Gasteiger partial charge >= 0.3 is 0 Å². The standard InChI is InChI=1S/C24H20ClN5O/c25-23-20(6-3-11-26-23)24(31)30-14-12-29(13-15-30)22-10-9-21(27-28-22)19-8-7-17-4-1-2-5-18(17)16-19/h1-11,16H,12-15H2. The molecule has 1 amide bonds. The van der Waals surface area contributed by atoms with Gasteiger partial charge in [-0.05, 0) is 41.1 Å². The summed E-state index contributed by atoms with van der Waals surface area (Å²) in [6, 6.07) is 22.0. The first-order valence-electron chi connectivity index (χ1n) is 10.2. The third kappa shape index (κ3) is 3.94. The molecule has 0 bridgehead atoms. The SMILES string of the molecule is O=C(c1cccnc1Cl)N1CCN(c2ccc(-c3ccc4ccccc4c3)nn2)CC1. The summed E-state index contributed by atoms with van der Waals surface area (Å²) in [5.41, 5.74) is 2.33. The van der Waals surface area contributed by atoms with Crippen molar-refractivity contribution < 1.29 is 4.79 Å². The molecule has 0 saturated carbocycles. The number of pyridine rings is 1. The van der Waals surface area contributed by atoms with E-state index in [0.29, 0.717) is 31.7 Å². The van der Waals surface area contributed by atoms with Crippen molar-refractivity contribution >= 4 is 34.1 Å². The van der Waals surface area contributed by atoms with Gasteiger partial charge in [-0.15, -0.1) is 10.2 Å². The Labute approximate surface area is 185 Å². The van der Waals surface area contributed by atoms with Crippen molar-refractivity contribution in [3.05, 3.63) is 83.6 Å². The van der Waals surface area contributed by atoms with Gasteiger partial charge in [-0.1, -0.05) is 48.0 Å². The first-order valence-corrected chi connectivity index (χ1v) is 10.5. The Morgan fingerprint density at radius 3 is 2.39 bits per heavy atom. The van der Waals surface area contributed by atoms with E-state index < -0.39 is 0 Å². The molecule has 0 unspecified atom stereocenters. The van der Waals surface area contributed by atoms with Gasteiger partial charge in [-0.2, -0.15) is 0 Å². The number of amides is 1. The second kappa shape index (κ2) is 8.32. The summed E-state index contributed by atoms with van der Waals surface area (Å²) in [5.74, 6) is 0.728. The fourth-order valence-corrected chi connectivity index (χ4v) is 4.05. The van der Waals surface area contributed by atoms with Crippen molar-refractivity contribution in [3.8, 4) is 11.3 Å². The summed E-state index contributed by atoms with van der Waals surface area (Å²) in [6.07, 6.45) is 1.58. The van der Waals surface area contributed by atoms with Gasteiger partial charge in [-0.3, -0.25) is 4.79 Å². The van der Waals surface area contributed by atoms with E-state index in [1.54, 1.807) is 23.2 Å². The normalized spacial score (nSPS) is 14.1. The molecule has 2 aromatic heterocycles. The Kier molecular flexibility index (Phi) is 5.22. The first-order chi connectivity index (χ1) is 15.2. The Bertz CT molecular complexity index is 1240. The van der Waals surface area contributed by atoms with E-state index in [-0.39, 0.29) is 11.1 Å². The van der Waals surface area contributed by atoms with Gasteiger partial charge in [0.1, 0.15) is 5.15 Å². The molecule has 5 rings (SSSR count). The van der Waals surface area contributed by atoms with Crippen molar-refractivity contribution in [2.45, 2.75) is 0 Å². The summed E-state index contributed by atoms with van der Waals surface area (Å²) < 4.78 is 0. The summed E-state index contributed by atoms with van der Waals surface area (Å²) in [4.78, 5) is 20.7. The molecule has 3 heterocycles. The predicted molar refractivity (Wildman–Crippen MR) is 122 cm³/mol. The first kappa shape index (κ1) is 19.5. The van der Waals surface area contributed by atoms with Crippen LogP contribution in [0.2, 0.25) is 5.15 Å². The summed E-state index contributed by atoms with van der Waals surface area (Å²) in [5, 5.41) is 11.5. The van der Waals surface area contributed by atoms with Gasteiger partial charge in [0.25, 0.3) is 5.91 Å². The zero-order valence-electron chi connectivity index (χ0n) is 16.8. The average Bonchev–Trinajstić information content (AvgIpc) is 2.84. The van der Waals surface area contributed by atoms with Gasteiger partial charge in [0, 0.05) is 37.9 Å². The van der Waals surface area contributed by atoms with E-state index in [0.717, 1.165) is 17.1 Å². The molecule has 2 aromatic carbocycles. The molecule has 1 aliphatic heterocycles. The molecular weight excluding hydrogens is 410 g/mol. The Hall–Kier alpha value is -3.51. The molecule has 1 fully saturated rings. The van der Waals surface area contributed by atoms with Crippen molar-refractivity contribution in [1.29, 1.82) is 0 Å². The minimum atomic E-state index is -0.0875. The summed E-state index contributed by atoms with van der Waals surface area (Å²) in [7, 11) is 0. The number of rotatable bonds is 3. The molecule has 0 N–H and O–H groups in total.